The van der Waals surface area contributed by atoms with E-state index in [0.29, 0.717) is 11.2 Å². The Hall–Kier alpha value is -1.71. The van der Waals surface area contributed by atoms with E-state index in [1.165, 1.54) is 6.92 Å². The van der Waals surface area contributed by atoms with Crippen molar-refractivity contribution in [2.75, 3.05) is 0 Å². The largest absolute Gasteiger partial charge is 0.294 e. The molecule has 0 aromatic carbocycles. The number of carbonyl (C=O) groups is 1. The Morgan fingerprint density at radius 1 is 1.54 bits per heavy atom. The van der Waals surface area contributed by atoms with Crippen molar-refractivity contribution in [1.82, 2.24) is 14.6 Å². The summed E-state index contributed by atoms with van der Waals surface area (Å²) in [6.07, 6.45) is 3.44. The van der Waals surface area contributed by atoms with Crippen LogP contribution in [0, 0.1) is 6.92 Å². The number of fused-ring (bicyclic) bond motifs is 1. The van der Waals surface area contributed by atoms with Gasteiger partial charge in [0.2, 0.25) is 0 Å². The number of aromatic nitrogens is 3. The summed E-state index contributed by atoms with van der Waals surface area (Å²) < 4.78 is 1.62. The highest BCUT2D eigenvalue weighted by Gasteiger charge is 2.13. The molecule has 0 N–H and O–H groups in total. The van der Waals surface area contributed by atoms with Crippen LogP contribution in [0.25, 0.3) is 5.65 Å². The van der Waals surface area contributed by atoms with Crippen LogP contribution in [0.5, 0.6) is 0 Å². The highest BCUT2D eigenvalue weighted by molar-refractivity contribution is 6.00. The maximum atomic E-state index is 11.2. The molecule has 2 heterocycles. The lowest BCUT2D eigenvalue weighted by atomic mass is 10.2. The minimum Gasteiger partial charge on any atom is -0.294 e. The average Bonchev–Trinajstić information content (AvgIpc) is 2.39. The molecular weight excluding hydrogens is 166 g/mol. The summed E-state index contributed by atoms with van der Waals surface area (Å²) in [6.45, 7) is 3.34. The van der Waals surface area contributed by atoms with Crippen LogP contribution < -0.4 is 0 Å². The Labute approximate surface area is 75.2 Å². The Morgan fingerprint density at radius 3 is 3.00 bits per heavy atom. The first kappa shape index (κ1) is 7.91. The molecule has 0 fully saturated rings. The second-order valence-corrected chi connectivity index (χ2v) is 2.90. The van der Waals surface area contributed by atoms with E-state index in [4.69, 9.17) is 0 Å². The summed E-state index contributed by atoms with van der Waals surface area (Å²) in [4.78, 5) is 15.4. The maximum Gasteiger partial charge on any atom is 0.166 e. The van der Waals surface area contributed by atoms with Crippen LogP contribution in [-0.4, -0.2) is 20.4 Å². The molecule has 2 rings (SSSR count). The molecule has 0 aliphatic heterocycles. The van der Waals surface area contributed by atoms with Crippen LogP contribution in [-0.2, 0) is 0 Å². The summed E-state index contributed by atoms with van der Waals surface area (Å²) in [5.74, 6) is 0.00574. The molecule has 2 aromatic heterocycles. The van der Waals surface area contributed by atoms with Gasteiger partial charge in [-0.3, -0.25) is 4.79 Å². The molecule has 4 nitrogen and oxygen atoms in total. The van der Waals surface area contributed by atoms with E-state index >= 15 is 0 Å². The summed E-state index contributed by atoms with van der Waals surface area (Å²) in [6, 6.07) is 1.78. The van der Waals surface area contributed by atoms with Crippen LogP contribution in [0.2, 0.25) is 0 Å². The van der Waals surface area contributed by atoms with E-state index in [-0.39, 0.29) is 5.78 Å². The first-order valence-electron chi connectivity index (χ1n) is 4.01. The molecule has 0 spiro atoms. The van der Waals surface area contributed by atoms with Crippen molar-refractivity contribution >= 4 is 11.4 Å². The van der Waals surface area contributed by atoms with Crippen molar-refractivity contribution in [3.05, 3.63) is 29.7 Å². The van der Waals surface area contributed by atoms with Gasteiger partial charge in [0.1, 0.15) is 0 Å². The van der Waals surface area contributed by atoms with Gasteiger partial charge >= 0.3 is 0 Å². The van der Waals surface area contributed by atoms with Crippen molar-refractivity contribution < 1.29 is 4.79 Å². The van der Waals surface area contributed by atoms with Crippen molar-refractivity contribution in [3.8, 4) is 0 Å². The molecule has 66 valence electrons. The third kappa shape index (κ3) is 1.11. The third-order valence-corrected chi connectivity index (χ3v) is 1.92. The van der Waals surface area contributed by atoms with E-state index in [0.717, 1.165) is 5.69 Å². The maximum absolute atomic E-state index is 11.2. The Morgan fingerprint density at radius 2 is 2.31 bits per heavy atom. The smallest absolute Gasteiger partial charge is 0.166 e. The SMILES string of the molecule is CC(=O)c1c(C)nn2cccnc12. The van der Waals surface area contributed by atoms with Gasteiger partial charge in [-0.25, -0.2) is 9.50 Å². The fourth-order valence-electron chi connectivity index (χ4n) is 1.41. The molecule has 0 bridgehead atoms. The lowest BCUT2D eigenvalue weighted by molar-refractivity contribution is 0.101. The molecule has 0 unspecified atom stereocenters. The first-order chi connectivity index (χ1) is 6.20. The predicted octanol–water partition coefficient (Wildman–Crippen LogP) is 1.24. The predicted molar refractivity (Wildman–Crippen MR) is 47.7 cm³/mol. The molecule has 4 heteroatoms. The van der Waals surface area contributed by atoms with Crippen LogP contribution in [0.4, 0.5) is 0 Å². The number of nitrogens with zero attached hydrogens (tertiary/aromatic N) is 3. The zero-order valence-electron chi connectivity index (χ0n) is 7.48. The second kappa shape index (κ2) is 2.65. The monoisotopic (exact) mass is 175 g/mol. The van der Waals surface area contributed by atoms with Crippen LogP contribution in [0.15, 0.2) is 18.5 Å². The number of hydrogen-bond donors (Lipinski definition) is 0. The van der Waals surface area contributed by atoms with Gasteiger partial charge in [-0.1, -0.05) is 0 Å². The van der Waals surface area contributed by atoms with E-state index in [1.807, 2.05) is 6.92 Å². The van der Waals surface area contributed by atoms with Gasteiger partial charge in [0.05, 0.1) is 11.3 Å². The first-order valence-corrected chi connectivity index (χ1v) is 4.01. The molecular formula is C9H9N3O. The fraction of sp³-hybridized carbons (Fsp3) is 0.222. The average molecular weight is 175 g/mol. The second-order valence-electron chi connectivity index (χ2n) is 2.90. The molecule has 2 aromatic rings. The summed E-state index contributed by atoms with van der Waals surface area (Å²) in [5.41, 5.74) is 1.97. The van der Waals surface area contributed by atoms with Crippen molar-refractivity contribution in [2.24, 2.45) is 0 Å². The van der Waals surface area contributed by atoms with E-state index in [2.05, 4.69) is 10.1 Å². The Kier molecular flexibility index (Phi) is 1.62. The number of ketones is 1. The van der Waals surface area contributed by atoms with Gasteiger partial charge in [0.25, 0.3) is 0 Å². The molecule has 0 aliphatic rings. The lowest BCUT2D eigenvalue weighted by Crippen LogP contribution is -1.94. The van der Waals surface area contributed by atoms with Crippen molar-refractivity contribution in [1.29, 1.82) is 0 Å². The number of carbonyl (C=O) groups excluding carboxylic acids is 1. The summed E-state index contributed by atoms with van der Waals surface area (Å²) in [5, 5.41) is 4.17. The minimum absolute atomic E-state index is 0.00574. The minimum atomic E-state index is 0.00574. The third-order valence-electron chi connectivity index (χ3n) is 1.92. The zero-order chi connectivity index (χ0) is 9.42. The molecule has 0 aliphatic carbocycles. The van der Waals surface area contributed by atoms with Gasteiger partial charge in [0, 0.05) is 12.4 Å². The molecule has 0 amide bonds. The Bertz CT molecular complexity index is 473. The molecule has 0 saturated carbocycles. The van der Waals surface area contributed by atoms with Crippen LogP contribution in [0.1, 0.15) is 23.0 Å². The van der Waals surface area contributed by atoms with Gasteiger partial charge in [-0.15, -0.1) is 0 Å². The Balaban J connectivity index is 2.86. The quantitative estimate of drug-likeness (QED) is 0.612. The fourth-order valence-corrected chi connectivity index (χ4v) is 1.41. The highest BCUT2D eigenvalue weighted by atomic mass is 16.1. The van der Waals surface area contributed by atoms with E-state index < -0.39 is 0 Å². The standard InChI is InChI=1S/C9H9N3O/c1-6-8(7(2)13)9-10-4-3-5-12(9)11-6/h3-5H,1-2H3. The number of aryl methyl sites for hydroxylation is 1. The number of Topliss-reactive ketones (excluding diaryl/α,β-unsaturated/α-hetero) is 1. The summed E-state index contributed by atoms with van der Waals surface area (Å²) in [7, 11) is 0. The molecule has 0 radical (unpaired) electrons. The topological polar surface area (TPSA) is 47.3 Å². The van der Waals surface area contributed by atoms with E-state index in [1.54, 1.807) is 23.0 Å². The normalized spacial score (nSPS) is 10.6. The molecule has 0 saturated heterocycles. The van der Waals surface area contributed by atoms with Crippen molar-refractivity contribution in [2.45, 2.75) is 13.8 Å². The van der Waals surface area contributed by atoms with Gasteiger partial charge in [0.15, 0.2) is 11.4 Å². The number of rotatable bonds is 1. The summed E-state index contributed by atoms with van der Waals surface area (Å²) >= 11 is 0. The zero-order valence-corrected chi connectivity index (χ0v) is 7.48. The number of hydrogen-bond acceptors (Lipinski definition) is 3. The van der Waals surface area contributed by atoms with Crippen LogP contribution in [0.3, 0.4) is 0 Å². The van der Waals surface area contributed by atoms with Gasteiger partial charge < -0.3 is 0 Å². The lowest BCUT2D eigenvalue weighted by Gasteiger charge is -1.91. The van der Waals surface area contributed by atoms with E-state index in [9.17, 15) is 4.79 Å². The van der Waals surface area contributed by atoms with Gasteiger partial charge in [-0.05, 0) is 19.9 Å². The molecule has 13 heavy (non-hydrogen) atoms. The van der Waals surface area contributed by atoms with Crippen molar-refractivity contribution in [3.63, 3.8) is 0 Å². The molecule has 0 atom stereocenters. The van der Waals surface area contributed by atoms with Crippen LogP contribution >= 0.6 is 0 Å². The van der Waals surface area contributed by atoms with Gasteiger partial charge in [-0.2, -0.15) is 5.10 Å². The highest BCUT2D eigenvalue weighted by Crippen LogP contribution is 2.12.